The zero-order chi connectivity index (χ0) is 16.5. The zero-order valence-electron chi connectivity index (χ0n) is 13.2. The molecule has 0 radical (unpaired) electrons. The van der Waals surface area contributed by atoms with E-state index in [0.29, 0.717) is 32.9 Å². The molecule has 0 saturated carbocycles. The van der Waals surface area contributed by atoms with Gasteiger partial charge in [0, 0.05) is 33.3 Å². The van der Waals surface area contributed by atoms with Gasteiger partial charge in [0.05, 0.1) is 25.9 Å². The summed E-state index contributed by atoms with van der Waals surface area (Å²) in [4.78, 5) is 25.8. The van der Waals surface area contributed by atoms with Gasteiger partial charge in [0.25, 0.3) is 0 Å². The van der Waals surface area contributed by atoms with E-state index in [4.69, 9.17) is 9.47 Å². The first-order valence-electron chi connectivity index (χ1n) is 7.61. The zero-order valence-corrected chi connectivity index (χ0v) is 14.1. The molecule has 128 valence electrons. The SMILES string of the molecule is COCCNC(=O)C(=O)NC[C@H](c1ccsc1)N1CCOCC1. The van der Waals surface area contributed by atoms with E-state index < -0.39 is 11.8 Å². The molecule has 1 aromatic heterocycles. The van der Waals surface area contributed by atoms with Gasteiger partial charge in [-0.25, -0.2) is 0 Å². The Morgan fingerprint density at radius 2 is 2.09 bits per heavy atom. The number of carbonyl (C=O) groups is 2. The Labute approximate surface area is 139 Å². The largest absolute Gasteiger partial charge is 0.383 e. The minimum Gasteiger partial charge on any atom is -0.383 e. The third kappa shape index (κ3) is 5.58. The van der Waals surface area contributed by atoms with Gasteiger partial charge in [-0.1, -0.05) is 0 Å². The van der Waals surface area contributed by atoms with Gasteiger partial charge in [-0.3, -0.25) is 14.5 Å². The number of thiophene rings is 1. The van der Waals surface area contributed by atoms with Crippen LogP contribution in [0.2, 0.25) is 0 Å². The molecule has 1 atom stereocenters. The second-order valence-electron chi connectivity index (χ2n) is 5.18. The van der Waals surface area contributed by atoms with Crippen LogP contribution in [0.25, 0.3) is 0 Å². The number of morpholine rings is 1. The van der Waals surface area contributed by atoms with E-state index in [1.807, 2.05) is 5.38 Å². The Morgan fingerprint density at radius 3 is 2.74 bits per heavy atom. The Balaban J connectivity index is 1.88. The van der Waals surface area contributed by atoms with Crippen LogP contribution in [-0.4, -0.2) is 69.8 Å². The highest BCUT2D eigenvalue weighted by atomic mass is 32.1. The molecule has 1 aromatic rings. The van der Waals surface area contributed by atoms with Crippen molar-refractivity contribution >= 4 is 23.2 Å². The molecule has 1 saturated heterocycles. The highest BCUT2D eigenvalue weighted by Crippen LogP contribution is 2.23. The van der Waals surface area contributed by atoms with Crippen molar-refractivity contribution in [3.63, 3.8) is 0 Å². The summed E-state index contributed by atoms with van der Waals surface area (Å²) < 4.78 is 10.2. The van der Waals surface area contributed by atoms with Gasteiger partial charge < -0.3 is 20.1 Å². The van der Waals surface area contributed by atoms with Crippen LogP contribution in [-0.2, 0) is 19.1 Å². The number of hydrogen-bond donors (Lipinski definition) is 2. The quantitative estimate of drug-likeness (QED) is 0.539. The van der Waals surface area contributed by atoms with Gasteiger partial charge in [0.1, 0.15) is 0 Å². The summed E-state index contributed by atoms with van der Waals surface area (Å²) in [7, 11) is 1.54. The molecule has 2 N–H and O–H groups in total. The maximum Gasteiger partial charge on any atom is 0.309 e. The molecule has 1 fully saturated rings. The van der Waals surface area contributed by atoms with Crippen molar-refractivity contribution < 1.29 is 19.1 Å². The number of rotatable bonds is 7. The summed E-state index contributed by atoms with van der Waals surface area (Å²) in [6, 6.07) is 2.11. The summed E-state index contributed by atoms with van der Waals surface area (Å²) in [6.07, 6.45) is 0. The van der Waals surface area contributed by atoms with Crippen molar-refractivity contribution in [3.8, 4) is 0 Å². The number of amides is 2. The molecule has 0 aliphatic carbocycles. The van der Waals surface area contributed by atoms with Crippen LogP contribution in [0, 0.1) is 0 Å². The molecule has 0 unspecified atom stereocenters. The van der Waals surface area contributed by atoms with Crippen LogP contribution in [0.15, 0.2) is 16.8 Å². The number of nitrogens with zero attached hydrogens (tertiary/aromatic N) is 1. The standard InChI is InChI=1S/C15H23N3O4S/c1-21-6-3-16-14(19)15(20)17-10-13(12-2-9-23-11-12)18-4-7-22-8-5-18/h2,9,11,13H,3-8,10H2,1H3,(H,16,19)(H,17,20)/t13-/m1/s1. The van der Waals surface area contributed by atoms with Crippen LogP contribution in [0.1, 0.15) is 11.6 Å². The van der Waals surface area contributed by atoms with Crippen molar-refractivity contribution in [1.82, 2.24) is 15.5 Å². The fraction of sp³-hybridized carbons (Fsp3) is 0.600. The van der Waals surface area contributed by atoms with Crippen molar-refractivity contribution in [3.05, 3.63) is 22.4 Å². The van der Waals surface area contributed by atoms with Crippen molar-refractivity contribution in [2.75, 3.05) is 53.1 Å². The summed E-state index contributed by atoms with van der Waals surface area (Å²) in [5.41, 5.74) is 1.15. The van der Waals surface area contributed by atoms with Gasteiger partial charge in [-0.05, 0) is 22.4 Å². The molecule has 2 rings (SSSR count). The van der Waals surface area contributed by atoms with Gasteiger partial charge >= 0.3 is 11.8 Å². The number of hydrogen-bond acceptors (Lipinski definition) is 6. The molecular formula is C15H23N3O4S. The van der Waals surface area contributed by atoms with Crippen LogP contribution in [0.3, 0.4) is 0 Å². The molecule has 0 aromatic carbocycles. The first-order chi connectivity index (χ1) is 11.2. The van der Waals surface area contributed by atoms with E-state index in [2.05, 4.69) is 27.0 Å². The fourth-order valence-corrected chi connectivity index (χ4v) is 3.14. The van der Waals surface area contributed by atoms with Crippen molar-refractivity contribution in [1.29, 1.82) is 0 Å². The molecule has 0 spiro atoms. The molecular weight excluding hydrogens is 318 g/mol. The summed E-state index contributed by atoms with van der Waals surface area (Å²) in [6.45, 7) is 4.10. The van der Waals surface area contributed by atoms with Crippen molar-refractivity contribution in [2.24, 2.45) is 0 Å². The van der Waals surface area contributed by atoms with E-state index in [-0.39, 0.29) is 6.04 Å². The normalized spacial score (nSPS) is 16.7. The van der Waals surface area contributed by atoms with Gasteiger partial charge in [0.2, 0.25) is 0 Å². The molecule has 0 bridgehead atoms. The Hall–Kier alpha value is -1.48. The molecule has 1 aliphatic heterocycles. The predicted molar refractivity (Wildman–Crippen MR) is 87.3 cm³/mol. The number of carbonyl (C=O) groups excluding carboxylic acids is 2. The van der Waals surface area contributed by atoms with E-state index in [9.17, 15) is 9.59 Å². The Bertz CT molecular complexity index is 489. The lowest BCUT2D eigenvalue weighted by Crippen LogP contribution is -2.47. The Morgan fingerprint density at radius 1 is 1.35 bits per heavy atom. The topological polar surface area (TPSA) is 79.9 Å². The lowest BCUT2D eigenvalue weighted by Gasteiger charge is -2.34. The monoisotopic (exact) mass is 341 g/mol. The lowest BCUT2D eigenvalue weighted by atomic mass is 10.1. The highest BCUT2D eigenvalue weighted by Gasteiger charge is 2.24. The highest BCUT2D eigenvalue weighted by molar-refractivity contribution is 7.07. The first-order valence-corrected chi connectivity index (χ1v) is 8.55. The van der Waals surface area contributed by atoms with Crippen LogP contribution >= 0.6 is 11.3 Å². The molecule has 2 heterocycles. The second kappa shape index (κ2) is 9.61. The molecule has 7 nitrogen and oxygen atoms in total. The minimum atomic E-state index is -0.631. The van der Waals surface area contributed by atoms with Gasteiger partial charge in [0.15, 0.2) is 0 Å². The summed E-state index contributed by atoms with van der Waals surface area (Å²) in [5, 5.41) is 9.33. The van der Waals surface area contributed by atoms with E-state index in [0.717, 1.165) is 18.7 Å². The maximum atomic E-state index is 11.9. The van der Waals surface area contributed by atoms with E-state index in [1.165, 1.54) is 0 Å². The predicted octanol–water partition coefficient (Wildman–Crippen LogP) is 0.000200. The number of methoxy groups -OCH3 is 1. The van der Waals surface area contributed by atoms with E-state index >= 15 is 0 Å². The average molecular weight is 341 g/mol. The van der Waals surface area contributed by atoms with Crippen LogP contribution in [0.4, 0.5) is 0 Å². The molecule has 8 heteroatoms. The second-order valence-corrected chi connectivity index (χ2v) is 5.96. The van der Waals surface area contributed by atoms with E-state index in [1.54, 1.807) is 18.4 Å². The first kappa shape index (κ1) is 17.9. The molecule has 1 aliphatic rings. The third-order valence-corrected chi connectivity index (χ3v) is 4.37. The maximum absolute atomic E-state index is 11.9. The minimum absolute atomic E-state index is 0.0564. The summed E-state index contributed by atoms with van der Waals surface area (Å²) in [5.74, 6) is -1.25. The Kier molecular flexibility index (Phi) is 7.47. The number of nitrogens with one attached hydrogen (secondary N) is 2. The van der Waals surface area contributed by atoms with Gasteiger partial charge in [-0.15, -0.1) is 0 Å². The summed E-state index contributed by atoms with van der Waals surface area (Å²) >= 11 is 1.62. The smallest absolute Gasteiger partial charge is 0.309 e. The molecule has 23 heavy (non-hydrogen) atoms. The average Bonchev–Trinajstić information content (AvgIpc) is 3.10. The fourth-order valence-electron chi connectivity index (χ4n) is 2.43. The van der Waals surface area contributed by atoms with Crippen molar-refractivity contribution in [2.45, 2.75) is 6.04 Å². The third-order valence-electron chi connectivity index (χ3n) is 3.67. The van der Waals surface area contributed by atoms with Crippen LogP contribution in [0.5, 0.6) is 0 Å². The molecule has 2 amide bonds. The number of ether oxygens (including phenoxy) is 2. The lowest BCUT2D eigenvalue weighted by molar-refractivity contribution is -0.139. The van der Waals surface area contributed by atoms with Gasteiger partial charge in [-0.2, -0.15) is 11.3 Å². The van der Waals surface area contributed by atoms with Crippen LogP contribution < -0.4 is 10.6 Å².